The lowest BCUT2D eigenvalue weighted by atomic mass is 9.85. The Morgan fingerprint density at radius 3 is 2.52 bits per heavy atom. The molecule has 21 heavy (non-hydrogen) atoms. The second-order valence-electron chi connectivity index (χ2n) is 6.54. The Morgan fingerprint density at radius 1 is 1.24 bits per heavy atom. The second-order valence-corrected chi connectivity index (χ2v) is 8.48. The molecule has 1 saturated heterocycles. The summed E-state index contributed by atoms with van der Waals surface area (Å²) in [7, 11) is -3.68. The fourth-order valence-electron chi connectivity index (χ4n) is 2.61. The first-order valence-corrected chi connectivity index (χ1v) is 8.63. The van der Waals surface area contributed by atoms with Crippen molar-refractivity contribution < 1.29 is 12.8 Å². The monoisotopic (exact) mass is 314 g/mol. The molecule has 1 aliphatic heterocycles. The fourth-order valence-corrected chi connectivity index (χ4v) is 4.14. The fraction of sp³-hybridized carbons (Fsp3) is 0.600. The number of sulfonamides is 1. The van der Waals surface area contributed by atoms with Crippen LogP contribution in [-0.4, -0.2) is 25.8 Å². The van der Waals surface area contributed by atoms with Crippen molar-refractivity contribution in [3.8, 4) is 0 Å². The van der Waals surface area contributed by atoms with Crippen molar-refractivity contribution >= 4 is 15.7 Å². The topological polar surface area (TPSA) is 63.4 Å². The molecule has 1 aromatic rings. The molecule has 0 atom stereocenters. The van der Waals surface area contributed by atoms with Crippen LogP contribution >= 0.6 is 0 Å². The molecule has 4 nitrogen and oxygen atoms in total. The van der Waals surface area contributed by atoms with Crippen LogP contribution in [0.4, 0.5) is 10.1 Å². The molecule has 0 spiro atoms. The molecule has 0 aromatic heterocycles. The zero-order valence-electron chi connectivity index (χ0n) is 12.8. The molecule has 1 fully saturated rings. The lowest BCUT2D eigenvalue weighted by molar-refractivity contribution is 0.315. The van der Waals surface area contributed by atoms with Gasteiger partial charge in [-0.2, -0.15) is 4.31 Å². The van der Waals surface area contributed by atoms with Gasteiger partial charge < -0.3 is 5.73 Å². The summed E-state index contributed by atoms with van der Waals surface area (Å²) in [5.74, 6) is -0.580. The van der Waals surface area contributed by atoms with Gasteiger partial charge in [-0.15, -0.1) is 0 Å². The summed E-state index contributed by atoms with van der Waals surface area (Å²) in [6, 6.07) is 2.42. The summed E-state index contributed by atoms with van der Waals surface area (Å²) in [6.07, 6.45) is 2.61. The third-order valence-electron chi connectivity index (χ3n) is 4.29. The number of hydrogen-bond acceptors (Lipinski definition) is 3. The van der Waals surface area contributed by atoms with Crippen molar-refractivity contribution in [1.29, 1.82) is 0 Å². The Labute approximate surface area is 126 Å². The third kappa shape index (κ3) is 3.37. The van der Waals surface area contributed by atoms with Crippen LogP contribution in [0.15, 0.2) is 17.0 Å². The van der Waals surface area contributed by atoms with Gasteiger partial charge in [0.15, 0.2) is 0 Å². The number of nitrogens with two attached hydrogens (primary N) is 1. The molecule has 0 aliphatic carbocycles. The first-order chi connectivity index (χ1) is 9.63. The zero-order valence-corrected chi connectivity index (χ0v) is 13.6. The molecule has 0 bridgehead atoms. The van der Waals surface area contributed by atoms with Crippen molar-refractivity contribution in [2.45, 2.75) is 44.9 Å². The maximum atomic E-state index is 13.8. The molecule has 0 saturated carbocycles. The number of rotatable bonds is 2. The summed E-state index contributed by atoms with van der Waals surface area (Å²) in [4.78, 5) is -0.0530. The van der Waals surface area contributed by atoms with E-state index in [1.54, 1.807) is 0 Å². The molecule has 0 radical (unpaired) electrons. The van der Waals surface area contributed by atoms with E-state index in [9.17, 15) is 12.8 Å². The molecule has 6 heteroatoms. The number of benzene rings is 1. The summed E-state index contributed by atoms with van der Waals surface area (Å²) < 4.78 is 40.6. The predicted octanol–water partition coefficient (Wildman–Crippen LogP) is 2.92. The minimum absolute atomic E-state index is 0.0530. The summed E-state index contributed by atoms with van der Waals surface area (Å²) in [5, 5.41) is 0. The number of anilines is 1. The Kier molecular flexibility index (Phi) is 4.31. The van der Waals surface area contributed by atoms with Gasteiger partial charge in [0.1, 0.15) is 5.82 Å². The second kappa shape index (κ2) is 5.57. The van der Waals surface area contributed by atoms with Gasteiger partial charge in [-0.25, -0.2) is 12.8 Å². The Morgan fingerprint density at radius 2 is 1.90 bits per heavy atom. The van der Waals surface area contributed by atoms with Crippen LogP contribution in [-0.2, 0) is 10.0 Å². The maximum Gasteiger partial charge on any atom is 0.243 e. The van der Waals surface area contributed by atoms with Crippen molar-refractivity contribution in [3.63, 3.8) is 0 Å². The van der Waals surface area contributed by atoms with Crippen LogP contribution in [0, 0.1) is 18.2 Å². The first-order valence-electron chi connectivity index (χ1n) is 7.19. The van der Waals surface area contributed by atoms with Gasteiger partial charge in [0.05, 0.1) is 4.90 Å². The molecule has 2 rings (SSSR count). The molecule has 0 unspecified atom stereocenters. The highest BCUT2D eigenvalue weighted by atomic mass is 32.2. The SMILES string of the molecule is Cc1c(N)cc(S(=O)(=O)N2CCCC(C)(C)CC2)cc1F. The van der Waals surface area contributed by atoms with Gasteiger partial charge in [-0.3, -0.25) is 0 Å². The van der Waals surface area contributed by atoms with Crippen molar-refractivity contribution in [2.24, 2.45) is 5.41 Å². The van der Waals surface area contributed by atoms with Gasteiger partial charge in [0.25, 0.3) is 0 Å². The molecular formula is C15H23FN2O2S. The number of nitrogens with zero attached hydrogens (tertiary/aromatic N) is 1. The summed E-state index contributed by atoms with van der Waals surface area (Å²) in [6.45, 7) is 6.76. The number of nitrogen functional groups attached to an aromatic ring is 1. The average molecular weight is 314 g/mol. The van der Waals surface area contributed by atoms with Gasteiger partial charge >= 0.3 is 0 Å². The lowest BCUT2D eigenvalue weighted by Crippen LogP contribution is -2.32. The predicted molar refractivity (Wildman–Crippen MR) is 81.9 cm³/mol. The Bertz CT molecular complexity index is 618. The van der Waals surface area contributed by atoms with Crippen LogP contribution in [0.2, 0.25) is 0 Å². The molecule has 118 valence electrons. The highest BCUT2D eigenvalue weighted by Gasteiger charge is 2.31. The lowest BCUT2D eigenvalue weighted by Gasteiger charge is -2.23. The highest BCUT2D eigenvalue weighted by Crippen LogP contribution is 2.32. The van der Waals surface area contributed by atoms with E-state index in [0.717, 1.165) is 25.3 Å². The van der Waals surface area contributed by atoms with Crippen molar-refractivity contribution in [2.75, 3.05) is 18.8 Å². The van der Waals surface area contributed by atoms with Crippen LogP contribution in [0.3, 0.4) is 0 Å². The largest absolute Gasteiger partial charge is 0.398 e. The van der Waals surface area contributed by atoms with Crippen LogP contribution < -0.4 is 5.73 Å². The highest BCUT2D eigenvalue weighted by molar-refractivity contribution is 7.89. The molecule has 0 amide bonds. The average Bonchev–Trinajstić information content (AvgIpc) is 2.56. The van der Waals surface area contributed by atoms with E-state index >= 15 is 0 Å². The van der Waals surface area contributed by atoms with E-state index in [1.165, 1.54) is 17.3 Å². The maximum absolute atomic E-state index is 13.8. The van der Waals surface area contributed by atoms with E-state index in [-0.39, 0.29) is 21.6 Å². The summed E-state index contributed by atoms with van der Waals surface area (Å²) in [5.41, 5.74) is 6.29. The minimum Gasteiger partial charge on any atom is -0.398 e. The van der Waals surface area contributed by atoms with E-state index in [2.05, 4.69) is 13.8 Å². The van der Waals surface area contributed by atoms with Crippen LogP contribution in [0.5, 0.6) is 0 Å². The summed E-state index contributed by atoms with van der Waals surface area (Å²) >= 11 is 0. The smallest absolute Gasteiger partial charge is 0.243 e. The van der Waals surface area contributed by atoms with E-state index in [4.69, 9.17) is 5.73 Å². The molecule has 1 heterocycles. The normalized spacial score (nSPS) is 20.2. The quantitative estimate of drug-likeness (QED) is 0.854. The van der Waals surface area contributed by atoms with Gasteiger partial charge in [0, 0.05) is 24.3 Å². The standard InChI is InChI=1S/C15H23FN2O2S/c1-11-13(16)9-12(10-14(11)17)21(19,20)18-7-4-5-15(2,3)6-8-18/h9-10H,4-8,17H2,1-3H3. The van der Waals surface area contributed by atoms with Gasteiger partial charge in [0.2, 0.25) is 10.0 Å². The van der Waals surface area contributed by atoms with Gasteiger partial charge in [-0.05, 0) is 43.7 Å². The number of halogens is 1. The van der Waals surface area contributed by atoms with Crippen LogP contribution in [0.25, 0.3) is 0 Å². The van der Waals surface area contributed by atoms with E-state index < -0.39 is 15.8 Å². The number of hydrogen-bond donors (Lipinski definition) is 1. The Balaban J connectivity index is 2.34. The first kappa shape index (κ1) is 16.2. The molecule has 1 aromatic carbocycles. The van der Waals surface area contributed by atoms with Crippen molar-refractivity contribution in [1.82, 2.24) is 4.31 Å². The van der Waals surface area contributed by atoms with Crippen LogP contribution in [0.1, 0.15) is 38.7 Å². The van der Waals surface area contributed by atoms with Gasteiger partial charge in [-0.1, -0.05) is 13.8 Å². The van der Waals surface area contributed by atoms with E-state index in [1.807, 2.05) is 0 Å². The molecule has 2 N–H and O–H groups in total. The zero-order chi connectivity index (χ0) is 15.8. The Hall–Kier alpha value is -1.14. The minimum atomic E-state index is -3.68. The molecule has 1 aliphatic rings. The third-order valence-corrected chi connectivity index (χ3v) is 6.17. The van der Waals surface area contributed by atoms with Crippen molar-refractivity contribution in [3.05, 3.63) is 23.5 Å². The van der Waals surface area contributed by atoms with E-state index in [0.29, 0.717) is 13.1 Å². The molecular weight excluding hydrogens is 291 g/mol.